The predicted molar refractivity (Wildman–Crippen MR) is 93.1 cm³/mol. The number of ether oxygens (including phenoxy) is 1. The molecular formula is C18H25N3O2. The summed E-state index contributed by atoms with van der Waals surface area (Å²) in [5.41, 5.74) is 1.59. The van der Waals surface area contributed by atoms with Crippen molar-refractivity contribution < 1.29 is 4.74 Å². The normalized spacial score (nSPS) is 18.6. The Labute approximate surface area is 136 Å². The standard InChI is InChI=1S/C18H25N3O2/c1-3-21-8-4-5-15(21)12-19-11-14-9-13-10-16(23-2)6-7-17(13)20-18(14)22/h6-7,9-10,15,19H,3-5,8,11-12H2,1-2H3,(H,20,22)/t15-/m1/s1. The number of nitrogens with zero attached hydrogens (tertiary/aromatic N) is 1. The van der Waals surface area contributed by atoms with Crippen molar-refractivity contribution in [2.75, 3.05) is 26.7 Å². The van der Waals surface area contributed by atoms with Crippen molar-refractivity contribution in [1.82, 2.24) is 15.2 Å². The Hall–Kier alpha value is -1.85. The first-order valence-corrected chi connectivity index (χ1v) is 8.36. The lowest BCUT2D eigenvalue weighted by atomic mass is 10.1. The highest BCUT2D eigenvalue weighted by Crippen LogP contribution is 2.19. The van der Waals surface area contributed by atoms with Gasteiger partial charge in [-0.25, -0.2) is 0 Å². The molecule has 1 saturated heterocycles. The lowest BCUT2D eigenvalue weighted by molar-refractivity contribution is 0.260. The number of likely N-dealkylation sites (tertiary alicyclic amines) is 1. The minimum absolute atomic E-state index is 0.0195. The summed E-state index contributed by atoms with van der Waals surface area (Å²) in [6.45, 7) is 6.03. The Morgan fingerprint density at radius 2 is 2.26 bits per heavy atom. The maximum absolute atomic E-state index is 12.2. The molecule has 23 heavy (non-hydrogen) atoms. The number of hydrogen-bond acceptors (Lipinski definition) is 4. The van der Waals surface area contributed by atoms with Crippen molar-refractivity contribution in [3.8, 4) is 5.75 Å². The van der Waals surface area contributed by atoms with Crippen LogP contribution < -0.4 is 15.6 Å². The number of aromatic amines is 1. The third-order valence-corrected chi connectivity index (χ3v) is 4.73. The predicted octanol–water partition coefficient (Wildman–Crippen LogP) is 2.11. The van der Waals surface area contributed by atoms with E-state index in [0.29, 0.717) is 12.6 Å². The molecular weight excluding hydrogens is 290 g/mol. The summed E-state index contributed by atoms with van der Waals surface area (Å²) in [7, 11) is 1.65. The average Bonchev–Trinajstić information content (AvgIpc) is 3.02. The van der Waals surface area contributed by atoms with Crippen LogP contribution in [0.2, 0.25) is 0 Å². The van der Waals surface area contributed by atoms with E-state index in [1.54, 1.807) is 7.11 Å². The molecule has 0 unspecified atom stereocenters. The van der Waals surface area contributed by atoms with E-state index in [1.807, 2.05) is 24.3 Å². The number of hydrogen-bond donors (Lipinski definition) is 2. The minimum Gasteiger partial charge on any atom is -0.497 e. The highest BCUT2D eigenvalue weighted by molar-refractivity contribution is 5.80. The molecule has 1 aromatic heterocycles. The Morgan fingerprint density at radius 3 is 3.04 bits per heavy atom. The molecule has 124 valence electrons. The number of pyridine rings is 1. The Kier molecular flexibility index (Phi) is 4.98. The topological polar surface area (TPSA) is 57.4 Å². The zero-order valence-electron chi connectivity index (χ0n) is 13.9. The van der Waals surface area contributed by atoms with Gasteiger partial charge in [0.15, 0.2) is 0 Å². The van der Waals surface area contributed by atoms with Gasteiger partial charge in [0.25, 0.3) is 5.56 Å². The second-order valence-electron chi connectivity index (χ2n) is 6.13. The Balaban J connectivity index is 1.69. The molecule has 3 rings (SSSR count). The molecule has 1 aromatic carbocycles. The van der Waals surface area contributed by atoms with Crippen LogP contribution >= 0.6 is 0 Å². The smallest absolute Gasteiger partial charge is 0.252 e. The summed E-state index contributed by atoms with van der Waals surface area (Å²) in [6, 6.07) is 8.24. The first-order valence-electron chi connectivity index (χ1n) is 8.36. The third kappa shape index (κ3) is 3.57. The largest absolute Gasteiger partial charge is 0.497 e. The molecule has 1 aliphatic heterocycles. The molecule has 1 fully saturated rings. The molecule has 2 aromatic rings. The van der Waals surface area contributed by atoms with Crippen molar-refractivity contribution in [1.29, 1.82) is 0 Å². The van der Waals surface area contributed by atoms with Crippen LogP contribution in [0.3, 0.4) is 0 Å². The van der Waals surface area contributed by atoms with Gasteiger partial charge in [0.2, 0.25) is 0 Å². The van der Waals surface area contributed by atoms with Crippen LogP contribution in [0.25, 0.3) is 10.9 Å². The van der Waals surface area contributed by atoms with Crippen LogP contribution in [0.4, 0.5) is 0 Å². The second-order valence-corrected chi connectivity index (χ2v) is 6.13. The lowest BCUT2D eigenvalue weighted by Crippen LogP contribution is -2.38. The van der Waals surface area contributed by atoms with Gasteiger partial charge in [0, 0.05) is 35.6 Å². The zero-order valence-corrected chi connectivity index (χ0v) is 13.9. The number of aromatic nitrogens is 1. The number of fused-ring (bicyclic) bond motifs is 1. The van der Waals surface area contributed by atoms with Gasteiger partial charge in [0.1, 0.15) is 5.75 Å². The fourth-order valence-electron chi connectivity index (χ4n) is 3.40. The quantitative estimate of drug-likeness (QED) is 0.857. The van der Waals surface area contributed by atoms with Gasteiger partial charge >= 0.3 is 0 Å². The SMILES string of the molecule is CCN1CCC[C@@H]1CNCc1cc2cc(OC)ccc2[nH]c1=O. The fourth-order valence-corrected chi connectivity index (χ4v) is 3.40. The van der Waals surface area contributed by atoms with E-state index >= 15 is 0 Å². The highest BCUT2D eigenvalue weighted by Gasteiger charge is 2.22. The van der Waals surface area contributed by atoms with E-state index in [4.69, 9.17) is 4.74 Å². The van der Waals surface area contributed by atoms with Crippen molar-refractivity contribution in [3.63, 3.8) is 0 Å². The first kappa shape index (κ1) is 16.0. The van der Waals surface area contributed by atoms with Gasteiger partial charge in [-0.15, -0.1) is 0 Å². The highest BCUT2D eigenvalue weighted by atomic mass is 16.5. The molecule has 0 radical (unpaired) electrons. The van der Waals surface area contributed by atoms with Crippen molar-refractivity contribution in [2.45, 2.75) is 32.4 Å². The van der Waals surface area contributed by atoms with Crippen molar-refractivity contribution in [2.24, 2.45) is 0 Å². The minimum atomic E-state index is -0.0195. The van der Waals surface area contributed by atoms with Crippen LogP contribution in [-0.4, -0.2) is 42.7 Å². The fraction of sp³-hybridized carbons (Fsp3) is 0.500. The molecule has 1 aliphatic rings. The summed E-state index contributed by atoms with van der Waals surface area (Å²) in [5.74, 6) is 0.799. The summed E-state index contributed by atoms with van der Waals surface area (Å²) in [6.07, 6.45) is 2.52. The number of rotatable bonds is 6. The zero-order chi connectivity index (χ0) is 16.2. The molecule has 0 aliphatic carbocycles. The molecule has 0 amide bonds. The van der Waals surface area contributed by atoms with E-state index in [9.17, 15) is 4.79 Å². The van der Waals surface area contributed by atoms with Gasteiger partial charge in [-0.2, -0.15) is 0 Å². The Bertz CT molecular complexity index is 726. The maximum Gasteiger partial charge on any atom is 0.252 e. The van der Waals surface area contributed by atoms with Gasteiger partial charge < -0.3 is 15.0 Å². The molecule has 2 N–H and O–H groups in total. The van der Waals surface area contributed by atoms with E-state index < -0.39 is 0 Å². The van der Waals surface area contributed by atoms with Gasteiger partial charge in [-0.1, -0.05) is 6.92 Å². The summed E-state index contributed by atoms with van der Waals surface area (Å²) in [4.78, 5) is 17.6. The monoisotopic (exact) mass is 315 g/mol. The summed E-state index contributed by atoms with van der Waals surface area (Å²) in [5, 5.41) is 4.45. The van der Waals surface area contributed by atoms with Gasteiger partial charge in [-0.3, -0.25) is 9.69 Å². The van der Waals surface area contributed by atoms with Gasteiger partial charge in [0.05, 0.1) is 7.11 Å². The molecule has 5 heteroatoms. The van der Waals surface area contributed by atoms with Crippen LogP contribution in [0.1, 0.15) is 25.3 Å². The number of likely N-dealkylation sites (N-methyl/N-ethyl adjacent to an activating group) is 1. The van der Waals surface area contributed by atoms with E-state index in [-0.39, 0.29) is 5.56 Å². The van der Waals surface area contributed by atoms with Crippen LogP contribution in [0.15, 0.2) is 29.1 Å². The summed E-state index contributed by atoms with van der Waals surface area (Å²) < 4.78 is 5.25. The molecule has 0 spiro atoms. The van der Waals surface area contributed by atoms with Crippen LogP contribution in [0.5, 0.6) is 5.75 Å². The molecule has 0 bridgehead atoms. The lowest BCUT2D eigenvalue weighted by Gasteiger charge is -2.22. The van der Waals surface area contributed by atoms with Crippen LogP contribution in [-0.2, 0) is 6.54 Å². The van der Waals surface area contributed by atoms with E-state index in [2.05, 4.69) is 22.1 Å². The average molecular weight is 315 g/mol. The number of H-pyrrole nitrogens is 1. The van der Waals surface area contributed by atoms with E-state index in [0.717, 1.165) is 35.3 Å². The van der Waals surface area contributed by atoms with Crippen molar-refractivity contribution >= 4 is 10.9 Å². The first-order chi connectivity index (χ1) is 11.2. The molecule has 1 atom stereocenters. The third-order valence-electron chi connectivity index (χ3n) is 4.73. The molecule has 5 nitrogen and oxygen atoms in total. The summed E-state index contributed by atoms with van der Waals surface area (Å²) >= 11 is 0. The number of benzene rings is 1. The molecule has 2 heterocycles. The van der Waals surface area contributed by atoms with Crippen molar-refractivity contribution in [3.05, 3.63) is 40.2 Å². The van der Waals surface area contributed by atoms with E-state index in [1.165, 1.54) is 19.4 Å². The molecule has 0 saturated carbocycles. The number of nitrogens with one attached hydrogen (secondary N) is 2. The van der Waals surface area contributed by atoms with Gasteiger partial charge in [-0.05, 0) is 50.2 Å². The number of methoxy groups -OCH3 is 1. The second kappa shape index (κ2) is 7.15. The maximum atomic E-state index is 12.2. The Morgan fingerprint density at radius 1 is 1.39 bits per heavy atom. The van der Waals surface area contributed by atoms with Crippen LogP contribution in [0, 0.1) is 0 Å².